The number of hydrogen-bond acceptors (Lipinski definition) is 4. The molecule has 0 bridgehead atoms. The topological polar surface area (TPSA) is 61.8 Å². The van der Waals surface area contributed by atoms with Crippen molar-refractivity contribution < 1.29 is 14.6 Å². The summed E-state index contributed by atoms with van der Waals surface area (Å²) in [4.78, 5) is 14.8. The number of anilines is 1. The van der Waals surface area contributed by atoms with Gasteiger partial charge in [0.15, 0.2) is 0 Å². The molecule has 3 rings (SSSR count). The molecule has 5 heteroatoms. The Balaban J connectivity index is 1.55. The van der Waals surface area contributed by atoms with Crippen molar-refractivity contribution in [1.29, 1.82) is 0 Å². The second kappa shape index (κ2) is 10.6. The van der Waals surface area contributed by atoms with Crippen LogP contribution in [0.2, 0.25) is 0 Å². The summed E-state index contributed by atoms with van der Waals surface area (Å²) in [6.45, 7) is 9.23. The normalized spacial score (nSPS) is 16.2. The third-order valence-electron chi connectivity index (χ3n) is 5.69. The summed E-state index contributed by atoms with van der Waals surface area (Å²) in [6.07, 6.45) is 3.64. The van der Waals surface area contributed by atoms with Gasteiger partial charge in [0.05, 0.1) is 6.10 Å². The fourth-order valence-corrected chi connectivity index (χ4v) is 4.24. The molecule has 5 nitrogen and oxygen atoms in total. The zero-order valence-corrected chi connectivity index (χ0v) is 18.4. The van der Waals surface area contributed by atoms with Crippen LogP contribution in [0, 0.1) is 20.8 Å². The number of aryl methyl sites for hydroxylation is 3. The van der Waals surface area contributed by atoms with Crippen molar-refractivity contribution in [2.45, 2.75) is 59.1 Å². The van der Waals surface area contributed by atoms with Gasteiger partial charge in [0.25, 0.3) is 0 Å². The van der Waals surface area contributed by atoms with E-state index in [1.165, 1.54) is 5.56 Å². The highest BCUT2D eigenvalue weighted by Gasteiger charge is 2.20. The molecule has 1 saturated heterocycles. The number of carbonyl (C=O) groups is 1. The molecule has 2 N–H and O–H groups in total. The second-order valence-electron chi connectivity index (χ2n) is 8.42. The number of nitrogens with one attached hydrogen (secondary N) is 1. The number of ether oxygens (including phenoxy) is 1. The predicted molar refractivity (Wildman–Crippen MR) is 121 cm³/mol. The van der Waals surface area contributed by atoms with Crippen LogP contribution < -0.4 is 5.32 Å². The molecular formula is C25H34N2O3. The molecule has 0 spiro atoms. The Labute approximate surface area is 180 Å². The van der Waals surface area contributed by atoms with E-state index >= 15 is 0 Å². The molecule has 0 aliphatic carbocycles. The van der Waals surface area contributed by atoms with E-state index in [1.54, 1.807) is 6.07 Å². The average Bonchev–Trinajstić information content (AvgIpc) is 3.19. The third-order valence-corrected chi connectivity index (χ3v) is 5.69. The van der Waals surface area contributed by atoms with Crippen molar-refractivity contribution in [2.75, 3.05) is 25.0 Å². The van der Waals surface area contributed by atoms with Gasteiger partial charge in [-0.25, -0.2) is 0 Å². The van der Waals surface area contributed by atoms with Gasteiger partial charge >= 0.3 is 0 Å². The van der Waals surface area contributed by atoms with Gasteiger partial charge in [0.2, 0.25) is 5.91 Å². The minimum absolute atomic E-state index is 0.0460. The highest BCUT2D eigenvalue weighted by atomic mass is 16.5. The lowest BCUT2D eigenvalue weighted by atomic mass is 10.0. The fraction of sp³-hybridized carbons (Fsp3) is 0.480. The molecule has 0 saturated carbocycles. The Kier molecular flexibility index (Phi) is 7.88. The Morgan fingerprint density at radius 1 is 1.20 bits per heavy atom. The van der Waals surface area contributed by atoms with Crippen LogP contribution in [-0.4, -0.2) is 41.7 Å². The van der Waals surface area contributed by atoms with Crippen LogP contribution in [0.5, 0.6) is 5.75 Å². The van der Waals surface area contributed by atoms with Crippen LogP contribution in [0.25, 0.3) is 0 Å². The summed E-state index contributed by atoms with van der Waals surface area (Å²) >= 11 is 0. The first-order valence-corrected chi connectivity index (χ1v) is 10.9. The van der Waals surface area contributed by atoms with Gasteiger partial charge in [0.1, 0.15) is 5.75 Å². The largest absolute Gasteiger partial charge is 0.508 e. The highest BCUT2D eigenvalue weighted by Crippen LogP contribution is 2.23. The standard InChI is InChI=1S/C25H34N2O3/c1-18-14-19(2)25(20(3)15-18)26-24(29)11-6-12-27(17-22-9-7-13-30-22)16-21-8-4-5-10-23(21)28/h4-5,8,10,14-15,22,28H,6-7,9,11-13,16-17H2,1-3H3,(H,26,29). The molecule has 1 fully saturated rings. The van der Waals surface area contributed by atoms with E-state index in [9.17, 15) is 9.90 Å². The molecular weight excluding hydrogens is 376 g/mol. The number of rotatable bonds is 9. The summed E-state index contributed by atoms with van der Waals surface area (Å²) in [5.74, 6) is 0.364. The zero-order chi connectivity index (χ0) is 21.5. The lowest BCUT2D eigenvalue weighted by Gasteiger charge is -2.25. The summed E-state index contributed by atoms with van der Waals surface area (Å²) in [5, 5.41) is 13.2. The molecule has 0 aromatic heterocycles. The maximum Gasteiger partial charge on any atom is 0.224 e. The van der Waals surface area contributed by atoms with Gasteiger partial charge in [-0.3, -0.25) is 9.69 Å². The Morgan fingerprint density at radius 3 is 2.60 bits per heavy atom. The SMILES string of the molecule is Cc1cc(C)c(NC(=O)CCCN(Cc2ccccc2O)CC2CCCO2)c(C)c1. The second-order valence-corrected chi connectivity index (χ2v) is 8.42. The molecule has 1 atom stereocenters. The summed E-state index contributed by atoms with van der Waals surface area (Å²) in [5.41, 5.74) is 5.24. The summed E-state index contributed by atoms with van der Waals surface area (Å²) in [7, 11) is 0. The van der Waals surface area contributed by atoms with E-state index in [1.807, 2.05) is 32.0 Å². The first-order valence-electron chi connectivity index (χ1n) is 10.9. The molecule has 2 aromatic carbocycles. The van der Waals surface area contributed by atoms with Crippen LogP contribution >= 0.6 is 0 Å². The van der Waals surface area contributed by atoms with Crippen LogP contribution in [0.15, 0.2) is 36.4 Å². The number of benzene rings is 2. The molecule has 1 unspecified atom stereocenters. The van der Waals surface area contributed by atoms with E-state index < -0.39 is 0 Å². The molecule has 0 radical (unpaired) electrons. The molecule has 2 aromatic rings. The highest BCUT2D eigenvalue weighted by molar-refractivity contribution is 5.92. The molecule has 1 aliphatic rings. The van der Waals surface area contributed by atoms with E-state index in [-0.39, 0.29) is 12.0 Å². The van der Waals surface area contributed by atoms with Gasteiger partial charge in [-0.2, -0.15) is 0 Å². The van der Waals surface area contributed by atoms with Gasteiger partial charge in [-0.1, -0.05) is 35.9 Å². The molecule has 1 aliphatic heterocycles. The van der Waals surface area contributed by atoms with Crippen molar-refractivity contribution in [3.8, 4) is 5.75 Å². The summed E-state index contributed by atoms with van der Waals surface area (Å²) < 4.78 is 5.81. The zero-order valence-electron chi connectivity index (χ0n) is 18.4. The van der Waals surface area contributed by atoms with E-state index in [0.717, 1.165) is 61.3 Å². The Hall–Kier alpha value is -2.37. The lowest BCUT2D eigenvalue weighted by Crippen LogP contribution is -2.33. The van der Waals surface area contributed by atoms with Crippen LogP contribution in [-0.2, 0) is 16.1 Å². The number of hydrogen-bond donors (Lipinski definition) is 2. The monoisotopic (exact) mass is 410 g/mol. The number of para-hydroxylation sites is 1. The number of aromatic hydroxyl groups is 1. The minimum Gasteiger partial charge on any atom is -0.508 e. The van der Waals surface area contributed by atoms with E-state index in [0.29, 0.717) is 18.7 Å². The maximum absolute atomic E-state index is 12.5. The summed E-state index contributed by atoms with van der Waals surface area (Å²) in [6, 6.07) is 11.6. The molecule has 1 heterocycles. The number of phenols is 1. The minimum atomic E-state index is 0.0460. The maximum atomic E-state index is 12.5. The molecule has 1 amide bonds. The van der Waals surface area contributed by atoms with Gasteiger partial charge in [-0.15, -0.1) is 0 Å². The fourth-order valence-electron chi connectivity index (χ4n) is 4.24. The van der Waals surface area contributed by atoms with Crippen molar-refractivity contribution >= 4 is 11.6 Å². The number of amides is 1. The molecule has 30 heavy (non-hydrogen) atoms. The smallest absolute Gasteiger partial charge is 0.224 e. The number of nitrogens with zero attached hydrogens (tertiary/aromatic N) is 1. The van der Waals surface area contributed by atoms with E-state index in [4.69, 9.17) is 4.74 Å². The van der Waals surface area contributed by atoms with Crippen LogP contribution in [0.4, 0.5) is 5.69 Å². The van der Waals surface area contributed by atoms with Crippen LogP contribution in [0.3, 0.4) is 0 Å². The van der Waals surface area contributed by atoms with Crippen molar-refractivity contribution in [3.63, 3.8) is 0 Å². The van der Waals surface area contributed by atoms with Gasteiger partial charge in [0, 0.05) is 37.4 Å². The average molecular weight is 411 g/mol. The number of phenolic OH excluding ortho intramolecular Hbond substituents is 1. The molecule has 162 valence electrons. The van der Waals surface area contributed by atoms with Gasteiger partial charge < -0.3 is 15.2 Å². The quantitative estimate of drug-likeness (QED) is 0.628. The lowest BCUT2D eigenvalue weighted by molar-refractivity contribution is -0.116. The predicted octanol–water partition coefficient (Wildman–Crippen LogP) is 4.72. The number of carbonyl (C=O) groups excluding carboxylic acids is 1. The van der Waals surface area contributed by atoms with Crippen molar-refractivity contribution in [3.05, 3.63) is 58.7 Å². The first-order chi connectivity index (χ1) is 14.4. The Morgan fingerprint density at radius 2 is 1.93 bits per heavy atom. The third kappa shape index (κ3) is 6.31. The van der Waals surface area contributed by atoms with Crippen molar-refractivity contribution in [1.82, 2.24) is 4.90 Å². The van der Waals surface area contributed by atoms with Crippen LogP contribution in [0.1, 0.15) is 47.9 Å². The first kappa shape index (κ1) is 22.3. The Bertz CT molecular complexity index is 836. The van der Waals surface area contributed by atoms with Gasteiger partial charge in [-0.05, 0) is 63.8 Å². The van der Waals surface area contributed by atoms with E-state index in [2.05, 4.69) is 29.3 Å². The van der Waals surface area contributed by atoms with Crippen molar-refractivity contribution in [2.24, 2.45) is 0 Å².